The van der Waals surface area contributed by atoms with E-state index in [2.05, 4.69) is 15.6 Å². The fraction of sp³-hybridized carbons (Fsp3) is 0.391. The first kappa shape index (κ1) is 22.4. The van der Waals surface area contributed by atoms with Gasteiger partial charge < -0.3 is 15.5 Å². The highest BCUT2D eigenvalue weighted by atomic mass is 19.1. The topological polar surface area (TPSA) is 91.4 Å². The third kappa shape index (κ3) is 5.87. The first-order valence-electron chi connectivity index (χ1n) is 10.4. The van der Waals surface area contributed by atoms with E-state index in [1.165, 1.54) is 24.3 Å². The molecule has 7 nitrogen and oxygen atoms in total. The minimum absolute atomic E-state index is 0.0372. The molecule has 31 heavy (non-hydrogen) atoms. The maximum Gasteiger partial charge on any atom is 0.270 e. The summed E-state index contributed by atoms with van der Waals surface area (Å²) < 4.78 is 13.1. The Morgan fingerprint density at radius 2 is 1.71 bits per heavy atom. The Bertz CT molecular complexity index is 910. The molecule has 2 heterocycles. The zero-order valence-electron chi connectivity index (χ0n) is 17.7. The van der Waals surface area contributed by atoms with E-state index in [1.54, 1.807) is 29.3 Å². The van der Waals surface area contributed by atoms with Gasteiger partial charge in [0.2, 0.25) is 5.91 Å². The van der Waals surface area contributed by atoms with Gasteiger partial charge in [-0.15, -0.1) is 0 Å². The second-order valence-corrected chi connectivity index (χ2v) is 7.99. The van der Waals surface area contributed by atoms with Crippen LogP contribution in [0.4, 0.5) is 4.39 Å². The number of carbonyl (C=O) groups is 3. The summed E-state index contributed by atoms with van der Waals surface area (Å²) in [6.07, 6.45) is 2.82. The van der Waals surface area contributed by atoms with Crippen LogP contribution < -0.4 is 10.6 Å². The number of rotatable bonds is 6. The molecule has 0 saturated carbocycles. The standard InChI is InChI=1S/C23H27FN4O3/c1-15(2)20(27-21(29)16-6-8-17(24)9-7-16)23(31)28-13-10-18(11-14-28)26-22(30)19-5-3-4-12-25-19/h3-9,12,15,18,20H,10-11,13-14H2,1-2H3,(H,26,30)(H,27,29). The van der Waals surface area contributed by atoms with Crippen molar-refractivity contribution in [2.24, 2.45) is 5.92 Å². The molecule has 3 rings (SSSR count). The fourth-order valence-electron chi connectivity index (χ4n) is 3.54. The van der Waals surface area contributed by atoms with Gasteiger partial charge >= 0.3 is 0 Å². The average molecular weight is 426 g/mol. The van der Waals surface area contributed by atoms with Gasteiger partial charge in [-0.1, -0.05) is 19.9 Å². The van der Waals surface area contributed by atoms with Gasteiger partial charge in [0.15, 0.2) is 0 Å². The second kappa shape index (κ2) is 10.1. The van der Waals surface area contributed by atoms with Crippen molar-refractivity contribution < 1.29 is 18.8 Å². The lowest BCUT2D eigenvalue weighted by Crippen LogP contribution is -2.54. The van der Waals surface area contributed by atoms with E-state index < -0.39 is 17.8 Å². The molecule has 1 unspecified atom stereocenters. The molecule has 2 aromatic rings. The maximum atomic E-state index is 13.1. The SMILES string of the molecule is CC(C)C(NC(=O)c1ccc(F)cc1)C(=O)N1CCC(NC(=O)c2ccccn2)CC1. The van der Waals surface area contributed by atoms with Crippen LogP contribution in [0, 0.1) is 11.7 Å². The normalized spacial score (nSPS) is 15.4. The molecule has 0 spiro atoms. The van der Waals surface area contributed by atoms with Gasteiger partial charge in [-0.2, -0.15) is 0 Å². The van der Waals surface area contributed by atoms with Crippen LogP contribution in [0.15, 0.2) is 48.7 Å². The van der Waals surface area contributed by atoms with Crippen LogP contribution in [-0.4, -0.2) is 52.8 Å². The molecule has 0 radical (unpaired) electrons. The second-order valence-electron chi connectivity index (χ2n) is 7.99. The van der Waals surface area contributed by atoms with E-state index in [1.807, 2.05) is 13.8 Å². The van der Waals surface area contributed by atoms with Crippen molar-refractivity contribution in [1.82, 2.24) is 20.5 Å². The van der Waals surface area contributed by atoms with Crippen molar-refractivity contribution in [3.8, 4) is 0 Å². The number of pyridine rings is 1. The van der Waals surface area contributed by atoms with Gasteiger partial charge in [-0.05, 0) is 55.2 Å². The smallest absolute Gasteiger partial charge is 0.270 e. The molecule has 1 aromatic carbocycles. The van der Waals surface area contributed by atoms with Crippen LogP contribution in [-0.2, 0) is 4.79 Å². The molecule has 1 atom stereocenters. The number of nitrogens with zero attached hydrogens (tertiary/aromatic N) is 2. The Morgan fingerprint density at radius 1 is 1.03 bits per heavy atom. The Balaban J connectivity index is 1.55. The van der Waals surface area contributed by atoms with E-state index in [-0.39, 0.29) is 23.8 Å². The van der Waals surface area contributed by atoms with Gasteiger partial charge in [0.1, 0.15) is 17.6 Å². The minimum atomic E-state index is -0.683. The predicted molar refractivity (Wildman–Crippen MR) is 114 cm³/mol. The van der Waals surface area contributed by atoms with Gasteiger partial charge in [0, 0.05) is 30.9 Å². The Morgan fingerprint density at radius 3 is 2.29 bits per heavy atom. The summed E-state index contributed by atoms with van der Waals surface area (Å²) in [5, 5.41) is 5.75. The lowest BCUT2D eigenvalue weighted by atomic mass is 9.99. The van der Waals surface area contributed by atoms with Crippen molar-refractivity contribution in [2.45, 2.75) is 38.8 Å². The Kier molecular flexibility index (Phi) is 7.33. The molecule has 1 saturated heterocycles. The molecule has 1 aliphatic heterocycles. The number of halogens is 1. The third-order valence-electron chi connectivity index (χ3n) is 5.37. The predicted octanol–water partition coefficient (Wildman–Crippen LogP) is 2.40. The van der Waals surface area contributed by atoms with Gasteiger partial charge in [-0.25, -0.2) is 4.39 Å². The van der Waals surface area contributed by atoms with Crippen LogP contribution in [0.25, 0.3) is 0 Å². The van der Waals surface area contributed by atoms with Crippen LogP contribution in [0.1, 0.15) is 47.5 Å². The van der Waals surface area contributed by atoms with Crippen LogP contribution in [0.3, 0.4) is 0 Å². The third-order valence-corrected chi connectivity index (χ3v) is 5.37. The monoisotopic (exact) mass is 426 g/mol. The summed E-state index contributed by atoms with van der Waals surface area (Å²) in [7, 11) is 0. The van der Waals surface area contributed by atoms with Crippen molar-refractivity contribution in [1.29, 1.82) is 0 Å². The number of amides is 3. The van der Waals surface area contributed by atoms with Crippen molar-refractivity contribution in [2.75, 3.05) is 13.1 Å². The lowest BCUT2D eigenvalue weighted by Gasteiger charge is -2.35. The summed E-state index contributed by atoms with van der Waals surface area (Å²) in [4.78, 5) is 43.6. The zero-order chi connectivity index (χ0) is 22.4. The molecule has 3 amide bonds. The molecule has 1 fully saturated rings. The van der Waals surface area contributed by atoms with Crippen LogP contribution in [0.2, 0.25) is 0 Å². The molecular formula is C23H27FN4O3. The lowest BCUT2D eigenvalue weighted by molar-refractivity contribution is -0.135. The first-order valence-corrected chi connectivity index (χ1v) is 10.4. The molecule has 8 heteroatoms. The number of hydrogen-bond acceptors (Lipinski definition) is 4. The molecule has 164 valence electrons. The summed E-state index contributed by atoms with van der Waals surface area (Å²) in [6, 6.07) is 9.66. The highest BCUT2D eigenvalue weighted by Crippen LogP contribution is 2.15. The summed E-state index contributed by atoms with van der Waals surface area (Å²) in [6.45, 7) is 4.71. The number of carbonyl (C=O) groups excluding carboxylic acids is 3. The van der Waals surface area contributed by atoms with Gasteiger partial charge in [0.25, 0.3) is 11.8 Å². The van der Waals surface area contributed by atoms with E-state index in [0.29, 0.717) is 37.2 Å². The molecule has 0 bridgehead atoms. The summed E-state index contributed by atoms with van der Waals surface area (Å²) >= 11 is 0. The molecular weight excluding hydrogens is 399 g/mol. The van der Waals surface area contributed by atoms with Crippen molar-refractivity contribution in [3.05, 3.63) is 65.7 Å². The maximum absolute atomic E-state index is 13.1. The van der Waals surface area contributed by atoms with Gasteiger partial charge in [0.05, 0.1) is 0 Å². The molecule has 0 aliphatic carbocycles. The number of piperidine rings is 1. The number of aromatic nitrogens is 1. The van der Waals surface area contributed by atoms with Crippen LogP contribution >= 0.6 is 0 Å². The number of benzene rings is 1. The fourth-order valence-corrected chi connectivity index (χ4v) is 3.54. The van der Waals surface area contributed by atoms with Crippen molar-refractivity contribution >= 4 is 17.7 Å². The van der Waals surface area contributed by atoms with E-state index >= 15 is 0 Å². The quantitative estimate of drug-likeness (QED) is 0.742. The summed E-state index contributed by atoms with van der Waals surface area (Å²) in [5.74, 6) is -1.33. The molecule has 1 aromatic heterocycles. The Hall–Kier alpha value is -3.29. The molecule has 2 N–H and O–H groups in total. The van der Waals surface area contributed by atoms with Gasteiger partial charge in [-0.3, -0.25) is 19.4 Å². The highest BCUT2D eigenvalue weighted by Gasteiger charge is 2.32. The molecule has 1 aliphatic rings. The van der Waals surface area contributed by atoms with Crippen LogP contribution in [0.5, 0.6) is 0 Å². The van der Waals surface area contributed by atoms with E-state index in [9.17, 15) is 18.8 Å². The first-order chi connectivity index (χ1) is 14.8. The minimum Gasteiger partial charge on any atom is -0.348 e. The highest BCUT2D eigenvalue weighted by molar-refractivity contribution is 5.97. The number of nitrogens with one attached hydrogen (secondary N) is 2. The largest absolute Gasteiger partial charge is 0.348 e. The average Bonchev–Trinajstić information content (AvgIpc) is 2.78. The summed E-state index contributed by atoms with van der Waals surface area (Å²) in [5.41, 5.74) is 0.667. The zero-order valence-corrected chi connectivity index (χ0v) is 17.7. The van der Waals surface area contributed by atoms with E-state index in [0.717, 1.165) is 0 Å². The Labute approximate surface area is 181 Å². The van der Waals surface area contributed by atoms with Crippen molar-refractivity contribution in [3.63, 3.8) is 0 Å². The van der Waals surface area contributed by atoms with E-state index in [4.69, 9.17) is 0 Å². The number of likely N-dealkylation sites (tertiary alicyclic amines) is 1. The number of hydrogen-bond donors (Lipinski definition) is 2.